The second-order valence-electron chi connectivity index (χ2n) is 3.54. The average Bonchev–Trinajstić information content (AvgIpc) is 2.33. The quantitative estimate of drug-likeness (QED) is 0.501. The van der Waals surface area contributed by atoms with E-state index in [9.17, 15) is 0 Å². The zero-order valence-electron chi connectivity index (χ0n) is 10.1. The minimum Gasteiger partial charge on any atom is -0.318 e. The largest absolute Gasteiger partial charge is 0.318 e. The molecule has 3 heteroatoms. The lowest BCUT2D eigenvalue weighted by Gasteiger charge is -2.25. The van der Waals surface area contributed by atoms with Gasteiger partial charge in [-0.2, -0.15) is 0 Å². The van der Waals surface area contributed by atoms with E-state index in [0.29, 0.717) is 6.04 Å². The fraction of sp³-hybridized carbons (Fsp3) is 0.462. The van der Waals surface area contributed by atoms with Crippen molar-refractivity contribution in [1.82, 2.24) is 10.6 Å². The molecule has 1 aliphatic rings. The van der Waals surface area contributed by atoms with Gasteiger partial charge in [-0.25, -0.2) is 0 Å². The number of hydrogen-bond donors (Lipinski definition) is 3. The van der Waals surface area contributed by atoms with Crippen molar-refractivity contribution < 1.29 is 0 Å². The molecule has 1 heterocycles. The Bertz CT molecular complexity index is 242. The third-order valence-electron chi connectivity index (χ3n) is 2.38. The minimum absolute atomic E-state index is 0.563. The molecule has 90 valence electrons. The Morgan fingerprint density at radius 2 is 2.25 bits per heavy atom. The highest BCUT2D eigenvalue weighted by Gasteiger charge is 2.14. The summed E-state index contributed by atoms with van der Waals surface area (Å²) < 4.78 is 0. The van der Waals surface area contributed by atoms with Crippen LogP contribution in [0, 0.1) is 5.41 Å². The van der Waals surface area contributed by atoms with Gasteiger partial charge in [0, 0.05) is 18.8 Å². The molecule has 0 aromatic carbocycles. The van der Waals surface area contributed by atoms with Crippen molar-refractivity contribution in [3.8, 4) is 0 Å². The van der Waals surface area contributed by atoms with Crippen LogP contribution in [0.2, 0.25) is 0 Å². The van der Waals surface area contributed by atoms with Crippen LogP contribution in [0.3, 0.4) is 0 Å². The first-order valence-corrected chi connectivity index (χ1v) is 5.60. The standard InChI is InChI=1S/C11H19N3.C2H4/c1-13-9-11-8-10(5-7-14-11)4-2-3-6-12;1-2/h2-4,6,11-14H,5,7-9H2,1H3;1-2H2/b3-2-,10-4+,12-6?;. The topological polar surface area (TPSA) is 47.9 Å². The summed E-state index contributed by atoms with van der Waals surface area (Å²) >= 11 is 0. The average molecular weight is 221 g/mol. The van der Waals surface area contributed by atoms with E-state index in [1.54, 1.807) is 6.08 Å². The molecule has 1 saturated heterocycles. The molecule has 0 saturated carbocycles. The van der Waals surface area contributed by atoms with E-state index in [1.165, 1.54) is 11.8 Å². The van der Waals surface area contributed by atoms with Crippen LogP contribution in [0.1, 0.15) is 12.8 Å². The van der Waals surface area contributed by atoms with Gasteiger partial charge in [0.1, 0.15) is 0 Å². The zero-order valence-corrected chi connectivity index (χ0v) is 10.1. The molecule has 1 atom stereocenters. The molecule has 3 N–H and O–H groups in total. The summed E-state index contributed by atoms with van der Waals surface area (Å²) in [5, 5.41) is 13.5. The first-order valence-electron chi connectivity index (χ1n) is 5.60. The van der Waals surface area contributed by atoms with Crippen LogP contribution >= 0.6 is 0 Å². The molecule has 0 aliphatic carbocycles. The Morgan fingerprint density at radius 1 is 1.50 bits per heavy atom. The number of allylic oxidation sites excluding steroid dienone is 3. The summed E-state index contributed by atoms with van der Waals surface area (Å²) in [6, 6.07) is 0.563. The molecule has 1 fully saturated rings. The third kappa shape index (κ3) is 6.32. The fourth-order valence-electron chi connectivity index (χ4n) is 1.72. The van der Waals surface area contributed by atoms with E-state index in [1.807, 2.05) is 13.1 Å². The van der Waals surface area contributed by atoms with Crippen LogP contribution in [0.4, 0.5) is 0 Å². The van der Waals surface area contributed by atoms with Crippen molar-refractivity contribution in [3.05, 3.63) is 37.0 Å². The Kier molecular flexibility index (Phi) is 9.56. The second kappa shape index (κ2) is 10.3. The predicted octanol–water partition coefficient (Wildman–Crippen LogP) is 1.89. The Balaban J connectivity index is 0.00000106. The van der Waals surface area contributed by atoms with E-state index in [2.05, 4.69) is 29.9 Å². The first kappa shape index (κ1) is 14.8. The van der Waals surface area contributed by atoms with Gasteiger partial charge in [0.2, 0.25) is 0 Å². The fourth-order valence-corrected chi connectivity index (χ4v) is 1.72. The molecular weight excluding hydrogens is 198 g/mol. The summed E-state index contributed by atoms with van der Waals surface area (Å²) in [5.41, 5.74) is 1.47. The SMILES string of the molecule is C=C.CNCC1C/C(=C/C=C\C=N)CCN1. The maximum Gasteiger partial charge on any atom is 0.0229 e. The lowest BCUT2D eigenvalue weighted by Crippen LogP contribution is -2.41. The van der Waals surface area contributed by atoms with E-state index < -0.39 is 0 Å². The van der Waals surface area contributed by atoms with Gasteiger partial charge >= 0.3 is 0 Å². The molecule has 0 aromatic rings. The van der Waals surface area contributed by atoms with Gasteiger partial charge in [-0.1, -0.05) is 17.7 Å². The molecule has 1 rings (SSSR count). The number of likely N-dealkylation sites (N-methyl/N-ethyl adjacent to an activating group) is 1. The molecule has 0 radical (unpaired) electrons. The van der Waals surface area contributed by atoms with Gasteiger partial charge in [0.25, 0.3) is 0 Å². The van der Waals surface area contributed by atoms with Crippen molar-refractivity contribution in [1.29, 1.82) is 5.41 Å². The third-order valence-corrected chi connectivity index (χ3v) is 2.38. The number of rotatable bonds is 4. The summed E-state index contributed by atoms with van der Waals surface area (Å²) in [4.78, 5) is 0. The maximum absolute atomic E-state index is 6.86. The van der Waals surface area contributed by atoms with Crippen molar-refractivity contribution in [2.45, 2.75) is 18.9 Å². The highest BCUT2D eigenvalue weighted by Crippen LogP contribution is 2.14. The van der Waals surface area contributed by atoms with Crippen LogP contribution in [-0.4, -0.2) is 32.4 Å². The van der Waals surface area contributed by atoms with E-state index in [-0.39, 0.29) is 0 Å². The Labute approximate surface area is 98.8 Å². The van der Waals surface area contributed by atoms with E-state index in [0.717, 1.165) is 25.9 Å². The van der Waals surface area contributed by atoms with E-state index >= 15 is 0 Å². The van der Waals surface area contributed by atoms with Crippen LogP contribution in [0.15, 0.2) is 37.0 Å². The molecule has 0 amide bonds. The summed E-state index contributed by atoms with van der Waals surface area (Å²) in [6.45, 7) is 8.09. The van der Waals surface area contributed by atoms with Gasteiger partial charge < -0.3 is 16.0 Å². The molecule has 0 spiro atoms. The lowest BCUT2D eigenvalue weighted by atomic mass is 9.98. The highest BCUT2D eigenvalue weighted by molar-refractivity contribution is 5.68. The molecule has 3 nitrogen and oxygen atoms in total. The van der Waals surface area contributed by atoms with Crippen LogP contribution in [0.5, 0.6) is 0 Å². The van der Waals surface area contributed by atoms with Crippen molar-refractivity contribution in [3.63, 3.8) is 0 Å². The van der Waals surface area contributed by atoms with Crippen LogP contribution in [0.25, 0.3) is 0 Å². The normalized spacial score (nSPS) is 22.8. The molecule has 1 aliphatic heterocycles. The molecule has 1 unspecified atom stereocenters. The van der Waals surface area contributed by atoms with Crippen LogP contribution < -0.4 is 10.6 Å². The second-order valence-corrected chi connectivity index (χ2v) is 3.54. The molecule has 0 bridgehead atoms. The number of hydrogen-bond acceptors (Lipinski definition) is 3. The number of nitrogens with one attached hydrogen (secondary N) is 3. The Hall–Kier alpha value is -1.19. The van der Waals surface area contributed by atoms with Gasteiger partial charge in [0.15, 0.2) is 0 Å². The maximum atomic E-state index is 6.86. The predicted molar refractivity (Wildman–Crippen MR) is 72.2 cm³/mol. The monoisotopic (exact) mass is 221 g/mol. The Morgan fingerprint density at radius 3 is 2.88 bits per heavy atom. The van der Waals surface area contributed by atoms with Crippen molar-refractivity contribution in [2.75, 3.05) is 20.1 Å². The lowest BCUT2D eigenvalue weighted by molar-refractivity contribution is 0.448. The molecule has 0 aromatic heterocycles. The summed E-state index contributed by atoms with van der Waals surface area (Å²) in [5.74, 6) is 0. The van der Waals surface area contributed by atoms with Gasteiger partial charge in [-0.3, -0.25) is 0 Å². The molecular formula is C13H23N3. The zero-order chi connectivity index (χ0) is 12.2. The smallest absolute Gasteiger partial charge is 0.0229 e. The minimum atomic E-state index is 0.563. The summed E-state index contributed by atoms with van der Waals surface area (Å²) in [6.07, 6.45) is 9.38. The van der Waals surface area contributed by atoms with Gasteiger partial charge in [-0.05, 0) is 32.5 Å². The van der Waals surface area contributed by atoms with Crippen molar-refractivity contribution in [2.24, 2.45) is 0 Å². The van der Waals surface area contributed by atoms with Gasteiger partial charge in [0.05, 0.1) is 0 Å². The van der Waals surface area contributed by atoms with E-state index in [4.69, 9.17) is 5.41 Å². The first-order chi connectivity index (χ1) is 7.86. The van der Waals surface area contributed by atoms with Gasteiger partial charge in [-0.15, -0.1) is 13.2 Å². The summed E-state index contributed by atoms with van der Waals surface area (Å²) in [7, 11) is 1.98. The van der Waals surface area contributed by atoms with Crippen molar-refractivity contribution >= 4 is 6.21 Å². The van der Waals surface area contributed by atoms with Crippen LogP contribution in [-0.2, 0) is 0 Å². The highest BCUT2D eigenvalue weighted by atomic mass is 15.0. The number of piperidine rings is 1. The molecule has 16 heavy (non-hydrogen) atoms.